The first-order valence-electron chi connectivity index (χ1n) is 12.5. The lowest BCUT2D eigenvalue weighted by molar-refractivity contribution is -0.137. The summed E-state index contributed by atoms with van der Waals surface area (Å²) in [5.74, 6) is -0.201. The largest absolute Gasteiger partial charge is 0.416 e. The van der Waals surface area contributed by atoms with E-state index in [4.69, 9.17) is 0 Å². The van der Waals surface area contributed by atoms with Gasteiger partial charge in [-0.25, -0.2) is 4.79 Å². The molecule has 0 spiro atoms. The number of amides is 1. The molecular formula is C25H31F3N6O2. The minimum absolute atomic E-state index is 0.201. The minimum atomic E-state index is -4.39. The predicted octanol–water partition coefficient (Wildman–Crippen LogP) is 3.17. The molecule has 36 heavy (non-hydrogen) atoms. The van der Waals surface area contributed by atoms with Gasteiger partial charge in [0.2, 0.25) is 0 Å². The van der Waals surface area contributed by atoms with Gasteiger partial charge in [-0.05, 0) is 43.1 Å². The molecule has 0 bridgehead atoms. The topological polar surface area (TPSA) is 64.9 Å². The summed E-state index contributed by atoms with van der Waals surface area (Å²) >= 11 is 0. The quantitative estimate of drug-likeness (QED) is 0.596. The zero-order chi connectivity index (χ0) is 25.4. The highest BCUT2D eigenvalue weighted by atomic mass is 19.4. The molecule has 194 valence electrons. The van der Waals surface area contributed by atoms with E-state index in [1.807, 2.05) is 0 Å². The highest BCUT2D eigenvalue weighted by Gasteiger charge is 2.35. The van der Waals surface area contributed by atoms with Crippen LogP contribution in [0.5, 0.6) is 0 Å². The van der Waals surface area contributed by atoms with Crippen LogP contribution in [0, 0.1) is 0 Å². The molecule has 4 heterocycles. The molecular weight excluding hydrogens is 473 g/mol. The third-order valence-electron chi connectivity index (χ3n) is 7.52. The first-order chi connectivity index (χ1) is 17.2. The fourth-order valence-electron chi connectivity index (χ4n) is 5.48. The van der Waals surface area contributed by atoms with Crippen molar-refractivity contribution in [2.45, 2.75) is 38.5 Å². The number of benzene rings is 1. The van der Waals surface area contributed by atoms with Gasteiger partial charge in [-0.3, -0.25) is 14.6 Å². The van der Waals surface area contributed by atoms with Gasteiger partial charge in [0.05, 0.1) is 5.56 Å². The van der Waals surface area contributed by atoms with Crippen LogP contribution in [-0.2, 0) is 12.7 Å². The standard InChI is InChI=1S/C25H31F3N6O2/c1-18(35)22-6-8-34(29-22)24(36)32-11-9-30(10-12-32)16-19-4-5-20(25(26,27)28)15-23(19)33-14-13-31-7-2-3-21(31)17-33/h4-6,8,15,21H,2-3,7,9-14,16-17H2,1H3/t21-/m1/s1. The van der Waals surface area contributed by atoms with Crippen LogP contribution in [0.3, 0.4) is 0 Å². The Morgan fingerprint density at radius 1 is 1.03 bits per heavy atom. The molecule has 5 rings (SSSR count). The summed E-state index contributed by atoms with van der Waals surface area (Å²) in [6, 6.07) is 5.74. The maximum absolute atomic E-state index is 13.5. The van der Waals surface area contributed by atoms with Gasteiger partial charge >= 0.3 is 12.2 Å². The molecule has 3 fully saturated rings. The highest BCUT2D eigenvalue weighted by Crippen LogP contribution is 2.35. The van der Waals surface area contributed by atoms with Gasteiger partial charge in [0.15, 0.2) is 5.78 Å². The first kappa shape index (κ1) is 24.8. The summed E-state index contributed by atoms with van der Waals surface area (Å²) < 4.78 is 41.8. The van der Waals surface area contributed by atoms with Gasteiger partial charge in [-0.2, -0.15) is 23.0 Å². The third kappa shape index (κ3) is 5.12. The SMILES string of the molecule is CC(=O)c1ccn(C(=O)N2CCN(Cc3ccc(C(F)(F)F)cc3N3CCN4CCC[C@@H]4C3)CC2)n1. The van der Waals surface area contributed by atoms with Crippen molar-refractivity contribution in [2.75, 3.05) is 57.3 Å². The third-order valence-corrected chi connectivity index (χ3v) is 7.52. The number of hydrogen-bond acceptors (Lipinski definition) is 6. The number of alkyl halides is 3. The number of nitrogens with zero attached hydrogens (tertiary/aromatic N) is 6. The molecule has 0 saturated carbocycles. The van der Waals surface area contributed by atoms with Crippen LogP contribution in [0.15, 0.2) is 30.5 Å². The highest BCUT2D eigenvalue weighted by molar-refractivity contribution is 5.92. The second-order valence-corrected chi connectivity index (χ2v) is 9.87. The Bertz CT molecular complexity index is 1130. The predicted molar refractivity (Wildman–Crippen MR) is 128 cm³/mol. The van der Waals surface area contributed by atoms with E-state index in [-0.39, 0.29) is 17.5 Å². The van der Waals surface area contributed by atoms with E-state index in [9.17, 15) is 22.8 Å². The zero-order valence-electron chi connectivity index (χ0n) is 20.4. The van der Waals surface area contributed by atoms with E-state index in [0.717, 1.165) is 44.6 Å². The van der Waals surface area contributed by atoms with Crippen molar-refractivity contribution < 1.29 is 22.8 Å². The van der Waals surface area contributed by atoms with Crippen LogP contribution in [0.1, 0.15) is 41.4 Å². The molecule has 1 aromatic heterocycles. The molecule has 1 atom stereocenters. The summed E-state index contributed by atoms with van der Waals surface area (Å²) in [5, 5.41) is 4.05. The van der Waals surface area contributed by atoms with Gasteiger partial charge in [0.25, 0.3) is 0 Å². The van der Waals surface area contributed by atoms with Gasteiger partial charge in [0, 0.05) is 77.2 Å². The molecule has 11 heteroatoms. The van der Waals surface area contributed by atoms with Crippen molar-refractivity contribution >= 4 is 17.5 Å². The van der Waals surface area contributed by atoms with E-state index in [1.165, 1.54) is 36.0 Å². The number of halogens is 3. The molecule has 1 aromatic carbocycles. The molecule has 3 aliphatic rings. The average molecular weight is 505 g/mol. The Balaban J connectivity index is 1.27. The average Bonchev–Trinajstić information content (AvgIpc) is 3.53. The van der Waals surface area contributed by atoms with Crippen molar-refractivity contribution in [1.29, 1.82) is 0 Å². The lowest BCUT2D eigenvalue weighted by Crippen LogP contribution is -2.51. The Morgan fingerprint density at radius 3 is 2.50 bits per heavy atom. The van der Waals surface area contributed by atoms with Gasteiger partial charge in [-0.1, -0.05) is 6.07 Å². The first-order valence-corrected chi connectivity index (χ1v) is 12.5. The summed E-state index contributed by atoms with van der Waals surface area (Å²) in [4.78, 5) is 32.7. The summed E-state index contributed by atoms with van der Waals surface area (Å²) in [7, 11) is 0. The number of piperazine rings is 2. The fourth-order valence-corrected chi connectivity index (χ4v) is 5.48. The molecule has 2 aromatic rings. The van der Waals surface area contributed by atoms with Gasteiger partial charge < -0.3 is 9.80 Å². The summed E-state index contributed by atoms with van der Waals surface area (Å²) in [5.41, 5.74) is 1.18. The van der Waals surface area contributed by atoms with E-state index in [1.54, 1.807) is 11.0 Å². The maximum atomic E-state index is 13.5. The van der Waals surface area contributed by atoms with E-state index >= 15 is 0 Å². The Hall–Kier alpha value is -2.92. The Morgan fingerprint density at radius 2 is 1.81 bits per heavy atom. The number of aromatic nitrogens is 2. The minimum Gasteiger partial charge on any atom is -0.368 e. The zero-order valence-corrected chi connectivity index (χ0v) is 20.4. The molecule has 8 nitrogen and oxygen atoms in total. The molecule has 3 saturated heterocycles. The molecule has 0 N–H and O–H groups in total. The van der Waals surface area contributed by atoms with Crippen LogP contribution in [0.25, 0.3) is 0 Å². The number of hydrogen-bond donors (Lipinski definition) is 0. The van der Waals surface area contributed by atoms with Crippen molar-refractivity contribution in [3.63, 3.8) is 0 Å². The number of anilines is 1. The van der Waals surface area contributed by atoms with Gasteiger partial charge in [0.1, 0.15) is 5.69 Å². The molecule has 3 aliphatic heterocycles. The van der Waals surface area contributed by atoms with Crippen LogP contribution < -0.4 is 4.90 Å². The Labute approximate surface area is 208 Å². The Kier molecular flexibility index (Phi) is 6.78. The second-order valence-electron chi connectivity index (χ2n) is 9.87. The number of carbonyl (C=O) groups is 2. The molecule has 0 aliphatic carbocycles. The smallest absolute Gasteiger partial charge is 0.368 e. The normalized spacial score (nSPS) is 21.6. The van der Waals surface area contributed by atoms with Crippen molar-refractivity contribution in [1.82, 2.24) is 24.5 Å². The van der Waals surface area contributed by atoms with E-state index in [0.29, 0.717) is 44.5 Å². The van der Waals surface area contributed by atoms with E-state index in [2.05, 4.69) is 19.8 Å². The summed E-state index contributed by atoms with van der Waals surface area (Å²) in [6.45, 7) is 7.51. The number of fused-ring (bicyclic) bond motifs is 1. The van der Waals surface area contributed by atoms with Crippen LogP contribution in [0.2, 0.25) is 0 Å². The number of ketones is 1. The van der Waals surface area contributed by atoms with Crippen molar-refractivity contribution in [2.24, 2.45) is 0 Å². The van der Waals surface area contributed by atoms with Crippen molar-refractivity contribution in [3.8, 4) is 0 Å². The number of Topliss-reactive ketones (excluding diaryl/α,β-unsaturated/α-hetero) is 1. The van der Waals surface area contributed by atoms with Crippen LogP contribution in [-0.4, -0.2) is 94.7 Å². The lowest BCUT2D eigenvalue weighted by atomic mass is 10.0. The van der Waals surface area contributed by atoms with Crippen LogP contribution in [0.4, 0.5) is 23.7 Å². The number of carbonyl (C=O) groups excluding carboxylic acids is 2. The van der Waals surface area contributed by atoms with E-state index < -0.39 is 11.7 Å². The summed E-state index contributed by atoms with van der Waals surface area (Å²) in [6.07, 6.45) is -0.663. The monoisotopic (exact) mass is 504 g/mol. The van der Waals surface area contributed by atoms with Crippen molar-refractivity contribution in [3.05, 3.63) is 47.3 Å². The number of rotatable bonds is 4. The van der Waals surface area contributed by atoms with Crippen LogP contribution >= 0.6 is 0 Å². The van der Waals surface area contributed by atoms with Gasteiger partial charge in [-0.15, -0.1) is 0 Å². The molecule has 0 radical (unpaired) electrons. The fraction of sp³-hybridized carbons (Fsp3) is 0.560. The molecule has 1 amide bonds. The second kappa shape index (κ2) is 9.85. The molecule has 0 unspecified atom stereocenters. The lowest BCUT2D eigenvalue weighted by Gasteiger charge is -2.40. The maximum Gasteiger partial charge on any atom is 0.416 e.